The minimum Gasteiger partial charge on any atom is -0.395 e. The zero-order valence-electron chi connectivity index (χ0n) is 14.5. The predicted octanol–water partition coefficient (Wildman–Crippen LogP) is 4.11. The molecular weight excluding hydrogens is 355 g/mol. The van der Waals surface area contributed by atoms with Crippen LogP contribution in [0.3, 0.4) is 0 Å². The van der Waals surface area contributed by atoms with E-state index in [-0.39, 0.29) is 31.4 Å². The summed E-state index contributed by atoms with van der Waals surface area (Å²) in [6.07, 6.45) is 5.21. The zero-order chi connectivity index (χ0) is 15.6. The lowest BCUT2D eigenvalue weighted by atomic mass is 9.86. The Morgan fingerprint density at radius 2 is 1.60 bits per heavy atom. The van der Waals surface area contributed by atoms with Gasteiger partial charge in [0.1, 0.15) is 0 Å². The summed E-state index contributed by atoms with van der Waals surface area (Å²) in [4.78, 5) is 5.14. The van der Waals surface area contributed by atoms with Gasteiger partial charge in [-0.3, -0.25) is 4.90 Å². The van der Waals surface area contributed by atoms with Gasteiger partial charge in [-0.15, -0.1) is 24.8 Å². The van der Waals surface area contributed by atoms with Gasteiger partial charge in [-0.1, -0.05) is 43.2 Å². The number of β-amino-alcohol motifs (C(OH)–C–C–N with tert-alkyl or cyclic N) is 1. The Morgan fingerprint density at radius 1 is 0.880 bits per heavy atom. The number of hydrogen-bond acceptors (Lipinski definition) is 3. The van der Waals surface area contributed by atoms with Crippen molar-refractivity contribution in [2.45, 2.75) is 37.8 Å². The number of piperazine rings is 1. The summed E-state index contributed by atoms with van der Waals surface area (Å²) < 4.78 is 0. The van der Waals surface area contributed by atoms with Gasteiger partial charge in [0.25, 0.3) is 0 Å². The largest absolute Gasteiger partial charge is 0.395 e. The van der Waals surface area contributed by atoms with Crippen molar-refractivity contribution in [3.8, 4) is 0 Å². The molecule has 1 heterocycles. The van der Waals surface area contributed by atoms with Crippen molar-refractivity contribution in [1.29, 1.82) is 0 Å². The second kappa shape index (κ2) is 9.09. The van der Waals surface area contributed by atoms with E-state index in [4.69, 9.17) is 0 Å². The van der Waals surface area contributed by atoms with Crippen LogP contribution in [0, 0.1) is 0 Å². The first-order chi connectivity index (χ1) is 11.4. The summed E-state index contributed by atoms with van der Waals surface area (Å²) >= 11 is 0. The molecule has 1 saturated carbocycles. The molecule has 25 heavy (non-hydrogen) atoms. The molecule has 3 nitrogen and oxygen atoms in total. The Morgan fingerprint density at radius 3 is 2.36 bits per heavy atom. The lowest BCUT2D eigenvalue weighted by Gasteiger charge is -2.51. The van der Waals surface area contributed by atoms with Gasteiger partial charge >= 0.3 is 0 Å². The van der Waals surface area contributed by atoms with E-state index in [1.807, 2.05) is 0 Å². The second-order valence-electron chi connectivity index (χ2n) is 6.90. The number of rotatable bonds is 3. The maximum atomic E-state index is 9.35. The highest BCUT2D eigenvalue weighted by Gasteiger charge is 2.37. The summed E-state index contributed by atoms with van der Waals surface area (Å²) in [5.41, 5.74) is 1.37. The van der Waals surface area contributed by atoms with E-state index in [9.17, 15) is 5.11 Å². The van der Waals surface area contributed by atoms with Crippen LogP contribution in [-0.4, -0.2) is 48.3 Å². The molecule has 0 bridgehead atoms. The number of aliphatic hydroxyl groups is 1. The van der Waals surface area contributed by atoms with Crippen molar-refractivity contribution in [2.75, 3.05) is 31.1 Å². The van der Waals surface area contributed by atoms with Gasteiger partial charge in [-0.2, -0.15) is 0 Å². The van der Waals surface area contributed by atoms with Gasteiger partial charge in [0.2, 0.25) is 0 Å². The van der Waals surface area contributed by atoms with Crippen molar-refractivity contribution in [1.82, 2.24) is 4.90 Å². The van der Waals surface area contributed by atoms with Crippen molar-refractivity contribution in [2.24, 2.45) is 0 Å². The molecule has 1 saturated heterocycles. The first-order valence-corrected chi connectivity index (χ1v) is 8.97. The highest BCUT2D eigenvalue weighted by Crippen LogP contribution is 2.34. The Balaban J connectivity index is 0.00000113. The number of benzene rings is 2. The molecule has 2 unspecified atom stereocenters. The van der Waals surface area contributed by atoms with Crippen LogP contribution in [0.1, 0.15) is 25.7 Å². The fourth-order valence-corrected chi connectivity index (χ4v) is 4.53. The number of aliphatic hydroxyl groups excluding tert-OH is 1. The Bertz CT molecular complexity index is 682. The van der Waals surface area contributed by atoms with E-state index >= 15 is 0 Å². The quantitative estimate of drug-likeness (QED) is 0.864. The maximum absolute atomic E-state index is 9.35. The van der Waals surface area contributed by atoms with Crippen molar-refractivity contribution in [3.63, 3.8) is 0 Å². The monoisotopic (exact) mass is 382 g/mol. The number of halogens is 2. The minimum atomic E-state index is 0. The fraction of sp³-hybridized carbons (Fsp3) is 0.500. The Hall–Kier alpha value is -1.00. The van der Waals surface area contributed by atoms with Gasteiger partial charge in [0, 0.05) is 37.4 Å². The predicted molar refractivity (Wildman–Crippen MR) is 110 cm³/mol. The topological polar surface area (TPSA) is 26.7 Å². The molecule has 1 aliphatic heterocycles. The van der Waals surface area contributed by atoms with E-state index < -0.39 is 0 Å². The van der Waals surface area contributed by atoms with Crippen molar-refractivity contribution < 1.29 is 5.11 Å². The molecule has 5 heteroatoms. The fourth-order valence-electron chi connectivity index (χ4n) is 4.53. The van der Waals surface area contributed by atoms with Crippen LogP contribution >= 0.6 is 24.8 Å². The molecule has 2 atom stereocenters. The third kappa shape index (κ3) is 4.06. The highest BCUT2D eigenvalue weighted by atomic mass is 35.5. The molecule has 2 aromatic carbocycles. The van der Waals surface area contributed by atoms with E-state index in [1.54, 1.807) is 0 Å². The van der Waals surface area contributed by atoms with Crippen molar-refractivity contribution >= 4 is 41.3 Å². The first kappa shape index (κ1) is 20.3. The van der Waals surface area contributed by atoms with E-state index in [0.29, 0.717) is 12.1 Å². The molecule has 2 aliphatic rings. The minimum absolute atomic E-state index is 0. The second-order valence-corrected chi connectivity index (χ2v) is 6.90. The average molecular weight is 383 g/mol. The third-order valence-electron chi connectivity index (χ3n) is 5.64. The van der Waals surface area contributed by atoms with Gasteiger partial charge in [-0.05, 0) is 35.7 Å². The van der Waals surface area contributed by atoms with Gasteiger partial charge in [0.15, 0.2) is 0 Å². The molecule has 0 spiro atoms. The van der Waals surface area contributed by atoms with Crippen LogP contribution in [0.25, 0.3) is 10.8 Å². The Labute approximate surface area is 162 Å². The van der Waals surface area contributed by atoms with Crippen LogP contribution in [0.15, 0.2) is 42.5 Å². The van der Waals surface area contributed by atoms with Gasteiger partial charge in [0.05, 0.1) is 6.61 Å². The van der Waals surface area contributed by atoms with Crippen LogP contribution in [-0.2, 0) is 0 Å². The van der Waals surface area contributed by atoms with E-state index in [2.05, 4.69) is 52.3 Å². The highest BCUT2D eigenvalue weighted by molar-refractivity contribution is 5.86. The molecule has 138 valence electrons. The molecule has 2 fully saturated rings. The van der Waals surface area contributed by atoms with Crippen LogP contribution < -0.4 is 4.90 Å². The van der Waals surface area contributed by atoms with E-state index in [1.165, 1.54) is 42.1 Å². The average Bonchev–Trinajstić information content (AvgIpc) is 2.62. The number of anilines is 1. The summed E-state index contributed by atoms with van der Waals surface area (Å²) in [5, 5.41) is 12.0. The first-order valence-electron chi connectivity index (χ1n) is 8.97. The smallest absolute Gasteiger partial charge is 0.0558 e. The summed E-state index contributed by atoms with van der Waals surface area (Å²) in [6.45, 7) is 3.24. The Kier molecular flexibility index (Phi) is 7.38. The molecular formula is C20H28Cl2N2O. The van der Waals surface area contributed by atoms with Crippen LogP contribution in [0.2, 0.25) is 0 Å². The summed E-state index contributed by atoms with van der Waals surface area (Å²) in [6, 6.07) is 16.7. The standard InChI is InChI=1S/C20H26N2O.2ClH/c23-14-13-21-11-12-22(20-8-4-3-7-19(20)21)18-10-9-16-5-1-2-6-17(16)15-18;;/h1-2,5-6,9-10,15,19-20,23H,3-4,7-8,11-14H2;2*1H. The zero-order valence-corrected chi connectivity index (χ0v) is 16.1. The lowest BCUT2D eigenvalue weighted by Crippen LogP contribution is -2.61. The third-order valence-corrected chi connectivity index (χ3v) is 5.64. The van der Waals surface area contributed by atoms with E-state index in [0.717, 1.165) is 19.6 Å². The molecule has 1 N–H and O–H groups in total. The normalized spacial score (nSPS) is 23.5. The van der Waals surface area contributed by atoms with Crippen LogP contribution in [0.4, 0.5) is 5.69 Å². The molecule has 0 radical (unpaired) electrons. The molecule has 1 aliphatic carbocycles. The summed E-state index contributed by atoms with van der Waals surface area (Å²) in [7, 11) is 0. The lowest BCUT2D eigenvalue weighted by molar-refractivity contribution is 0.0867. The van der Waals surface area contributed by atoms with Gasteiger partial charge in [-0.25, -0.2) is 0 Å². The molecule has 4 rings (SSSR count). The number of fused-ring (bicyclic) bond motifs is 2. The molecule has 0 aromatic heterocycles. The molecule has 2 aromatic rings. The van der Waals surface area contributed by atoms with Gasteiger partial charge < -0.3 is 10.0 Å². The SMILES string of the molecule is Cl.Cl.OCCN1CCN(c2ccc3ccccc3c2)C2CCCCC21. The number of hydrogen-bond donors (Lipinski definition) is 1. The number of nitrogens with zero attached hydrogens (tertiary/aromatic N) is 2. The van der Waals surface area contributed by atoms with Crippen molar-refractivity contribution in [3.05, 3.63) is 42.5 Å². The molecule has 0 amide bonds. The summed E-state index contributed by atoms with van der Waals surface area (Å²) in [5.74, 6) is 0. The maximum Gasteiger partial charge on any atom is 0.0558 e. The van der Waals surface area contributed by atoms with Crippen LogP contribution in [0.5, 0.6) is 0 Å².